The number of para-hydroxylation sites is 1. The van der Waals surface area contributed by atoms with Crippen LogP contribution in [-0.4, -0.2) is 9.55 Å². The Balaban J connectivity index is 0.00000161. The summed E-state index contributed by atoms with van der Waals surface area (Å²) in [7, 11) is 0. The van der Waals surface area contributed by atoms with Crippen molar-refractivity contribution in [2.24, 2.45) is 5.73 Å². The number of hydrogen-bond acceptors (Lipinski definition) is 3. The smallest absolute Gasteiger partial charge is 0.264 e. The second-order valence-electron chi connectivity index (χ2n) is 4.58. The van der Waals surface area contributed by atoms with E-state index < -0.39 is 0 Å². The Labute approximate surface area is 147 Å². The van der Waals surface area contributed by atoms with Crippen molar-refractivity contribution in [3.05, 3.63) is 76.8 Å². The molecule has 0 fully saturated rings. The number of fused-ring (bicyclic) bond motifs is 1. The molecule has 0 aliphatic rings. The molecule has 4 nitrogen and oxygen atoms in total. The average Bonchev–Trinajstić information content (AvgIpc) is 2.47. The summed E-state index contributed by atoms with van der Waals surface area (Å²) in [6.07, 6.45) is 0. The van der Waals surface area contributed by atoms with Crippen LogP contribution in [0.2, 0.25) is 0 Å². The minimum atomic E-state index is -0.101. The first-order valence-electron chi connectivity index (χ1n) is 6.35. The molecule has 1 radical (unpaired) electrons. The summed E-state index contributed by atoms with van der Waals surface area (Å²) in [6.45, 7) is 3.27. The Morgan fingerprint density at radius 1 is 1.10 bits per heavy atom. The Kier molecular flexibility index (Phi) is 4.93. The standard InChI is InChI=1S/C16H14N3O.Y/c1-11-6-5-9-13-15(11)16(20)19(14(10-17)18-13)12-7-3-2-4-8-12;/h2-10H,17H2,1H3;/q-1;. The fourth-order valence-corrected chi connectivity index (χ4v) is 2.35. The summed E-state index contributed by atoms with van der Waals surface area (Å²) in [5, 5.41) is 0.627. The van der Waals surface area contributed by atoms with Crippen LogP contribution in [0.4, 0.5) is 0 Å². The molecular weight excluding hydrogens is 339 g/mol. The largest absolute Gasteiger partial charge is 0.461 e. The van der Waals surface area contributed by atoms with Gasteiger partial charge < -0.3 is 5.73 Å². The van der Waals surface area contributed by atoms with E-state index in [0.29, 0.717) is 16.7 Å². The molecule has 2 aromatic carbocycles. The zero-order valence-corrected chi connectivity index (χ0v) is 14.5. The molecule has 1 heterocycles. The summed E-state index contributed by atoms with van der Waals surface area (Å²) < 4.78 is 1.54. The van der Waals surface area contributed by atoms with Gasteiger partial charge >= 0.3 is 0 Å². The second kappa shape index (κ2) is 6.52. The van der Waals surface area contributed by atoms with E-state index in [2.05, 4.69) is 4.98 Å². The molecule has 0 atom stereocenters. The molecule has 0 aliphatic heterocycles. The molecule has 5 heteroatoms. The minimum absolute atomic E-state index is 0. The summed E-state index contributed by atoms with van der Waals surface area (Å²) in [5.74, 6) is 0.444. The Morgan fingerprint density at radius 2 is 1.81 bits per heavy atom. The van der Waals surface area contributed by atoms with Crippen LogP contribution >= 0.6 is 0 Å². The van der Waals surface area contributed by atoms with E-state index in [9.17, 15) is 4.79 Å². The molecule has 3 rings (SSSR count). The van der Waals surface area contributed by atoms with Crippen LogP contribution < -0.4 is 11.3 Å². The van der Waals surface area contributed by atoms with Crippen LogP contribution in [0.3, 0.4) is 0 Å². The number of aryl methyl sites for hydroxylation is 1. The third kappa shape index (κ3) is 2.79. The van der Waals surface area contributed by atoms with Gasteiger partial charge in [-0.2, -0.15) is 0 Å². The van der Waals surface area contributed by atoms with E-state index >= 15 is 0 Å². The van der Waals surface area contributed by atoms with Crippen molar-refractivity contribution in [3.63, 3.8) is 0 Å². The number of rotatable bonds is 2. The van der Waals surface area contributed by atoms with E-state index in [0.717, 1.165) is 11.3 Å². The van der Waals surface area contributed by atoms with Gasteiger partial charge in [0.05, 0.1) is 10.9 Å². The monoisotopic (exact) mass is 353 g/mol. The zero-order valence-electron chi connectivity index (χ0n) is 11.7. The minimum Gasteiger partial charge on any atom is -0.461 e. The van der Waals surface area contributed by atoms with Crippen molar-refractivity contribution < 1.29 is 32.7 Å². The van der Waals surface area contributed by atoms with Crippen molar-refractivity contribution in [1.82, 2.24) is 9.55 Å². The molecular formula is C16H14N3OY-. The van der Waals surface area contributed by atoms with E-state index in [1.807, 2.05) is 55.5 Å². The molecule has 0 amide bonds. The number of benzene rings is 2. The van der Waals surface area contributed by atoms with Crippen LogP contribution in [-0.2, 0) is 32.7 Å². The molecule has 0 bridgehead atoms. The van der Waals surface area contributed by atoms with Gasteiger partial charge in [-0.15, -0.1) is 0 Å². The normalized spacial score (nSPS) is 10.2. The fraction of sp³-hybridized carbons (Fsp3) is 0.0625. The third-order valence-corrected chi connectivity index (χ3v) is 3.30. The first kappa shape index (κ1) is 15.9. The third-order valence-electron chi connectivity index (χ3n) is 3.30. The quantitative estimate of drug-likeness (QED) is 0.719. The first-order chi connectivity index (χ1) is 9.72. The second-order valence-corrected chi connectivity index (χ2v) is 4.58. The number of hydrogen-bond donors (Lipinski definition) is 1. The molecule has 0 aliphatic carbocycles. The number of nitrogens with zero attached hydrogens (tertiary/aromatic N) is 2. The first-order valence-corrected chi connectivity index (χ1v) is 6.35. The molecule has 0 saturated heterocycles. The fourth-order valence-electron chi connectivity index (χ4n) is 2.35. The van der Waals surface area contributed by atoms with Crippen molar-refractivity contribution in [3.8, 4) is 5.69 Å². The van der Waals surface area contributed by atoms with Gasteiger partial charge in [0, 0.05) is 38.4 Å². The van der Waals surface area contributed by atoms with Gasteiger partial charge in [-0.1, -0.05) is 30.3 Å². The van der Waals surface area contributed by atoms with Gasteiger partial charge in [-0.3, -0.25) is 20.9 Å². The van der Waals surface area contributed by atoms with Crippen molar-refractivity contribution in [2.45, 2.75) is 6.92 Å². The predicted octanol–water partition coefficient (Wildman–Crippen LogP) is 2.16. The molecule has 103 valence electrons. The maximum absolute atomic E-state index is 12.8. The maximum Gasteiger partial charge on any atom is 0.264 e. The Morgan fingerprint density at radius 3 is 2.48 bits per heavy atom. The molecule has 0 spiro atoms. The van der Waals surface area contributed by atoms with Gasteiger partial charge in [0.2, 0.25) is 0 Å². The van der Waals surface area contributed by atoms with Gasteiger partial charge in [0.25, 0.3) is 5.56 Å². The summed E-state index contributed by atoms with van der Waals surface area (Å²) in [6, 6.07) is 15.0. The van der Waals surface area contributed by atoms with Gasteiger partial charge in [0.1, 0.15) is 0 Å². The van der Waals surface area contributed by atoms with Gasteiger partial charge in [-0.25, -0.2) is 0 Å². The van der Waals surface area contributed by atoms with E-state index in [1.165, 1.54) is 11.1 Å². The predicted molar refractivity (Wildman–Crippen MR) is 79.7 cm³/mol. The van der Waals surface area contributed by atoms with Crippen LogP contribution in [0, 0.1) is 13.5 Å². The molecule has 0 saturated carbocycles. The SMILES string of the molecule is Cc1cccc2nc([CH-]N)n(-c3ccccc3)c(=O)c12.[Y]. The van der Waals surface area contributed by atoms with Crippen molar-refractivity contribution in [1.29, 1.82) is 0 Å². The molecule has 21 heavy (non-hydrogen) atoms. The van der Waals surface area contributed by atoms with E-state index in [4.69, 9.17) is 5.73 Å². The summed E-state index contributed by atoms with van der Waals surface area (Å²) in [5.41, 5.74) is 7.87. The molecule has 3 aromatic rings. The Bertz CT molecular complexity index is 828. The van der Waals surface area contributed by atoms with Crippen molar-refractivity contribution in [2.75, 3.05) is 0 Å². The van der Waals surface area contributed by atoms with Crippen LogP contribution in [0.1, 0.15) is 11.4 Å². The van der Waals surface area contributed by atoms with E-state index in [-0.39, 0.29) is 38.3 Å². The summed E-state index contributed by atoms with van der Waals surface area (Å²) >= 11 is 0. The topological polar surface area (TPSA) is 60.9 Å². The Hall–Kier alpha value is -1.49. The molecule has 0 unspecified atom stereocenters. The molecule has 2 N–H and O–H groups in total. The van der Waals surface area contributed by atoms with Gasteiger partial charge in [0.15, 0.2) is 0 Å². The summed E-state index contributed by atoms with van der Waals surface area (Å²) in [4.78, 5) is 17.3. The number of aromatic nitrogens is 2. The van der Waals surface area contributed by atoms with Crippen LogP contribution in [0.25, 0.3) is 16.6 Å². The average molecular weight is 353 g/mol. The van der Waals surface area contributed by atoms with Crippen molar-refractivity contribution >= 4 is 10.9 Å². The van der Waals surface area contributed by atoms with Crippen LogP contribution in [0.5, 0.6) is 0 Å². The van der Waals surface area contributed by atoms with Crippen LogP contribution in [0.15, 0.2) is 53.3 Å². The zero-order chi connectivity index (χ0) is 14.1. The van der Waals surface area contributed by atoms with E-state index in [1.54, 1.807) is 0 Å². The maximum atomic E-state index is 12.8. The van der Waals surface area contributed by atoms with Gasteiger partial charge in [-0.05, 0) is 36.5 Å². The molecule has 1 aromatic heterocycles. The number of nitrogens with two attached hydrogens (primary N) is 1.